The van der Waals surface area contributed by atoms with Gasteiger partial charge in [0.15, 0.2) is 17.5 Å². The van der Waals surface area contributed by atoms with E-state index in [0.717, 1.165) is 41.1 Å². The van der Waals surface area contributed by atoms with Crippen molar-refractivity contribution in [1.29, 1.82) is 0 Å². The highest BCUT2D eigenvalue weighted by Crippen LogP contribution is 2.34. The van der Waals surface area contributed by atoms with Gasteiger partial charge in [-0.05, 0) is 52.3 Å². The average Bonchev–Trinajstić information content (AvgIpc) is 2.72. The van der Waals surface area contributed by atoms with E-state index in [4.69, 9.17) is 0 Å². The molecule has 0 nitrogen and oxygen atoms in total. The molecule has 4 aromatic rings. The number of unbranched alkanes of at least 4 members (excludes halogenated alkanes) is 2. The molecule has 148 valence electrons. The van der Waals surface area contributed by atoms with Crippen molar-refractivity contribution in [3.63, 3.8) is 0 Å². The highest BCUT2D eigenvalue weighted by Gasteiger charge is 2.16. The van der Waals surface area contributed by atoms with E-state index in [-0.39, 0.29) is 11.1 Å². The summed E-state index contributed by atoms with van der Waals surface area (Å²) in [5.74, 6) is -4.82. The molecule has 0 N–H and O–H groups in total. The first-order valence-corrected chi connectivity index (χ1v) is 9.78. The Hall–Kier alpha value is -2.88. The second kappa shape index (κ2) is 7.86. The standard InChI is InChI=1S/C25H20F4/c1-2-3-4-5-15-6-8-18-16(12-15)7-9-21-20(18)11-10-19(24(21)28)17-13-22(26)25(29)23(27)14-17/h6-14H,2-5H2,1H3. The van der Waals surface area contributed by atoms with Gasteiger partial charge in [-0.15, -0.1) is 0 Å². The molecule has 4 heteroatoms. The number of hydrogen-bond acceptors (Lipinski definition) is 0. The number of halogens is 4. The largest absolute Gasteiger partial charge is 0.206 e. The second-order valence-electron chi connectivity index (χ2n) is 7.35. The first kappa shape index (κ1) is 19.4. The number of benzene rings is 4. The van der Waals surface area contributed by atoms with Gasteiger partial charge in [-0.25, -0.2) is 17.6 Å². The minimum atomic E-state index is -1.56. The van der Waals surface area contributed by atoms with Crippen LogP contribution in [0.5, 0.6) is 0 Å². The minimum Gasteiger partial charge on any atom is -0.206 e. The molecule has 0 aliphatic heterocycles. The zero-order valence-corrected chi connectivity index (χ0v) is 16.0. The van der Waals surface area contributed by atoms with Crippen molar-refractivity contribution in [1.82, 2.24) is 0 Å². The van der Waals surface area contributed by atoms with Gasteiger partial charge in [0.1, 0.15) is 5.82 Å². The van der Waals surface area contributed by atoms with E-state index in [9.17, 15) is 13.2 Å². The van der Waals surface area contributed by atoms with Crippen LogP contribution in [0.3, 0.4) is 0 Å². The number of fused-ring (bicyclic) bond motifs is 3. The van der Waals surface area contributed by atoms with E-state index in [0.29, 0.717) is 5.39 Å². The third-order valence-corrected chi connectivity index (χ3v) is 5.38. The van der Waals surface area contributed by atoms with Gasteiger partial charge < -0.3 is 0 Å². The molecule has 29 heavy (non-hydrogen) atoms. The Bertz CT molecular complexity index is 1190. The van der Waals surface area contributed by atoms with E-state index in [1.165, 1.54) is 24.5 Å². The Balaban J connectivity index is 1.81. The number of rotatable bonds is 5. The average molecular weight is 396 g/mol. The minimum absolute atomic E-state index is 0.0332. The van der Waals surface area contributed by atoms with Crippen LogP contribution in [-0.4, -0.2) is 0 Å². The first-order chi connectivity index (χ1) is 14.0. The Labute approximate surface area is 166 Å². The molecule has 0 atom stereocenters. The van der Waals surface area contributed by atoms with Gasteiger partial charge in [0, 0.05) is 10.9 Å². The van der Waals surface area contributed by atoms with Crippen LogP contribution >= 0.6 is 0 Å². The van der Waals surface area contributed by atoms with E-state index < -0.39 is 23.3 Å². The Kier molecular flexibility index (Phi) is 5.27. The van der Waals surface area contributed by atoms with Gasteiger partial charge in [-0.3, -0.25) is 0 Å². The summed E-state index contributed by atoms with van der Waals surface area (Å²) in [7, 11) is 0. The quantitative estimate of drug-likeness (QED) is 0.139. The normalized spacial score (nSPS) is 11.5. The van der Waals surface area contributed by atoms with Gasteiger partial charge in [-0.1, -0.05) is 62.2 Å². The molecule has 0 saturated heterocycles. The predicted octanol–water partition coefficient (Wildman–Crippen LogP) is 7.95. The van der Waals surface area contributed by atoms with Gasteiger partial charge in [0.05, 0.1) is 0 Å². The molecule has 0 amide bonds. The van der Waals surface area contributed by atoms with Crippen LogP contribution in [0.25, 0.3) is 32.7 Å². The van der Waals surface area contributed by atoms with Crippen LogP contribution in [0.2, 0.25) is 0 Å². The van der Waals surface area contributed by atoms with Crippen molar-refractivity contribution >= 4 is 21.5 Å². The molecule has 0 spiro atoms. The topological polar surface area (TPSA) is 0 Å². The summed E-state index contributed by atoms with van der Waals surface area (Å²) in [5.41, 5.74) is 1.25. The highest BCUT2D eigenvalue weighted by atomic mass is 19.2. The van der Waals surface area contributed by atoms with Crippen molar-refractivity contribution in [3.05, 3.63) is 83.4 Å². The summed E-state index contributed by atoms with van der Waals surface area (Å²) in [5, 5.41) is 3.03. The molecule has 0 radical (unpaired) electrons. The fourth-order valence-electron chi connectivity index (χ4n) is 3.83. The molecule has 4 aromatic carbocycles. The van der Waals surface area contributed by atoms with Gasteiger partial charge >= 0.3 is 0 Å². The fourth-order valence-corrected chi connectivity index (χ4v) is 3.83. The summed E-state index contributed by atoms with van der Waals surface area (Å²) in [4.78, 5) is 0. The van der Waals surface area contributed by atoms with Crippen molar-refractivity contribution < 1.29 is 17.6 Å². The Morgan fingerprint density at radius 2 is 1.34 bits per heavy atom. The SMILES string of the molecule is CCCCCc1ccc2c(ccc3c(F)c(-c4cc(F)c(F)c(F)c4)ccc32)c1. The second-order valence-corrected chi connectivity index (χ2v) is 7.35. The van der Waals surface area contributed by atoms with Crippen LogP contribution in [-0.2, 0) is 6.42 Å². The number of hydrogen-bond donors (Lipinski definition) is 0. The van der Waals surface area contributed by atoms with Crippen molar-refractivity contribution in [3.8, 4) is 11.1 Å². The smallest absolute Gasteiger partial charge is 0.194 e. The number of aryl methyl sites for hydroxylation is 1. The summed E-state index contributed by atoms with van der Waals surface area (Å²) in [6.07, 6.45) is 4.51. The van der Waals surface area contributed by atoms with E-state index in [1.54, 1.807) is 12.1 Å². The molecule has 0 saturated carbocycles. The summed E-state index contributed by atoms with van der Waals surface area (Å²) >= 11 is 0. The lowest BCUT2D eigenvalue weighted by Gasteiger charge is -2.11. The summed E-state index contributed by atoms with van der Waals surface area (Å²) in [6.45, 7) is 2.17. The molecule has 0 unspecified atom stereocenters. The molecule has 0 aromatic heterocycles. The van der Waals surface area contributed by atoms with E-state index >= 15 is 4.39 Å². The lowest BCUT2D eigenvalue weighted by molar-refractivity contribution is 0.447. The summed E-state index contributed by atoms with van der Waals surface area (Å²) in [6, 6.07) is 14.6. The van der Waals surface area contributed by atoms with Crippen LogP contribution in [0.15, 0.2) is 54.6 Å². The monoisotopic (exact) mass is 396 g/mol. The van der Waals surface area contributed by atoms with Crippen LogP contribution in [0.1, 0.15) is 31.7 Å². The predicted molar refractivity (Wildman–Crippen MR) is 110 cm³/mol. The van der Waals surface area contributed by atoms with Crippen LogP contribution < -0.4 is 0 Å². The van der Waals surface area contributed by atoms with E-state index in [2.05, 4.69) is 19.1 Å². The van der Waals surface area contributed by atoms with Crippen LogP contribution in [0, 0.1) is 23.3 Å². The highest BCUT2D eigenvalue weighted by molar-refractivity contribution is 6.08. The molecule has 0 aliphatic carbocycles. The van der Waals surface area contributed by atoms with Gasteiger partial charge in [0.25, 0.3) is 0 Å². The molecule has 0 aliphatic rings. The lowest BCUT2D eigenvalue weighted by atomic mass is 9.95. The maximum absolute atomic E-state index is 15.2. The molecule has 4 rings (SSSR count). The molecule has 0 bridgehead atoms. The van der Waals surface area contributed by atoms with Crippen molar-refractivity contribution in [2.24, 2.45) is 0 Å². The maximum Gasteiger partial charge on any atom is 0.194 e. The maximum atomic E-state index is 15.2. The third-order valence-electron chi connectivity index (χ3n) is 5.38. The Morgan fingerprint density at radius 1 is 0.655 bits per heavy atom. The van der Waals surface area contributed by atoms with Gasteiger partial charge in [-0.2, -0.15) is 0 Å². The summed E-state index contributed by atoms with van der Waals surface area (Å²) < 4.78 is 55.6. The van der Waals surface area contributed by atoms with Crippen molar-refractivity contribution in [2.45, 2.75) is 32.6 Å². The zero-order chi connectivity index (χ0) is 20.5. The first-order valence-electron chi connectivity index (χ1n) is 9.78. The Morgan fingerprint density at radius 3 is 2.07 bits per heavy atom. The van der Waals surface area contributed by atoms with Crippen LogP contribution in [0.4, 0.5) is 17.6 Å². The van der Waals surface area contributed by atoms with Crippen molar-refractivity contribution in [2.75, 3.05) is 0 Å². The van der Waals surface area contributed by atoms with Gasteiger partial charge in [0.2, 0.25) is 0 Å². The molecular weight excluding hydrogens is 376 g/mol. The molecule has 0 fully saturated rings. The fraction of sp³-hybridized carbons (Fsp3) is 0.200. The van der Waals surface area contributed by atoms with E-state index in [1.807, 2.05) is 12.1 Å². The lowest BCUT2D eigenvalue weighted by Crippen LogP contribution is -1.94. The molecule has 0 heterocycles. The molecular formula is C25H20F4. The zero-order valence-electron chi connectivity index (χ0n) is 16.0. The third kappa shape index (κ3) is 3.59.